The van der Waals surface area contributed by atoms with Gasteiger partial charge in [0.2, 0.25) is 0 Å². The molecule has 0 fully saturated rings. The van der Waals surface area contributed by atoms with Gasteiger partial charge in [-0.1, -0.05) is 0 Å². The average Bonchev–Trinajstić information content (AvgIpc) is 2.91. The van der Waals surface area contributed by atoms with E-state index in [0.717, 1.165) is 11.4 Å². The fraction of sp³-hybridized carbons (Fsp3) is 0.353. The normalized spacial score (nSPS) is 11.8. The number of benzene rings is 1. The largest absolute Gasteiger partial charge is 0.497 e. The van der Waals surface area contributed by atoms with Crippen LogP contribution in [0.15, 0.2) is 29.6 Å². The molecule has 2 aromatic rings. The minimum atomic E-state index is -0.0525. The van der Waals surface area contributed by atoms with Crippen molar-refractivity contribution in [1.29, 1.82) is 0 Å². The maximum atomic E-state index is 12.3. The molecule has 0 bridgehead atoms. The van der Waals surface area contributed by atoms with Gasteiger partial charge in [0.25, 0.3) is 5.91 Å². The molecule has 0 saturated carbocycles. The van der Waals surface area contributed by atoms with Crippen LogP contribution in [0.4, 0.5) is 5.69 Å². The fourth-order valence-electron chi connectivity index (χ4n) is 2.30. The third-order valence-electron chi connectivity index (χ3n) is 3.57. The predicted molar refractivity (Wildman–Crippen MR) is 92.7 cm³/mol. The molecule has 1 heterocycles. The molecule has 0 spiro atoms. The lowest BCUT2D eigenvalue weighted by Crippen LogP contribution is -3.08. The highest BCUT2D eigenvalue weighted by Crippen LogP contribution is 2.28. The molecule has 0 saturated heterocycles. The summed E-state index contributed by atoms with van der Waals surface area (Å²) in [5.74, 6) is 1.24. The number of ether oxygens (including phenoxy) is 2. The number of hydrogen-bond donors (Lipinski definition) is 2. The first-order valence-corrected chi connectivity index (χ1v) is 8.27. The summed E-state index contributed by atoms with van der Waals surface area (Å²) in [5.41, 5.74) is 1.90. The van der Waals surface area contributed by atoms with Crippen LogP contribution < -0.4 is 19.7 Å². The van der Waals surface area contributed by atoms with Crippen molar-refractivity contribution in [2.75, 3.05) is 33.1 Å². The lowest BCUT2D eigenvalue weighted by Gasteiger charge is -2.15. The number of likely N-dealkylation sites (N-methyl/N-ethyl adjacent to an activating group) is 1. The Bertz CT molecular complexity index is 670. The number of aryl methyl sites for hydroxylation is 1. The second kappa shape index (κ2) is 7.99. The third kappa shape index (κ3) is 4.71. The van der Waals surface area contributed by atoms with E-state index in [9.17, 15) is 4.79 Å². The van der Waals surface area contributed by atoms with E-state index in [1.54, 1.807) is 43.8 Å². The number of methoxy groups -OCH3 is 2. The molecular weight excluding hydrogens is 312 g/mol. The molecule has 23 heavy (non-hydrogen) atoms. The molecular formula is C17H23N2O3S+. The first-order valence-electron chi connectivity index (χ1n) is 7.39. The van der Waals surface area contributed by atoms with Crippen molar-refractivity contribution in [3.05, 3.63) is 40.1 Å². The number of carbonyl (C=O) groups excluding carboxylic acids is 1. The van der Waals surface area contributed by atoms with E-state index in [1.807, 2.05) is 7.05 Å². The first kappa shape index (κ1) is 17.3. The van der Waals surface area contributed by atoms with Gasteiger partial charge in [-0.3, -0.25) is 4.79 Å². The van der Waals surface area contributed by atoms with Crippen LogP contribution in [0.2, 0.25) is 0 Å². The molecule has 1 amide bonds. The number of nitrogens with one attached hydrogen (secondary N) is 2. The van der Waals surface area contributed by atoms with Crippen LogP contribution in [-0.2, 0) is 11.3 Å². The summed E-state index contributed by atoms with van der Waals surface area (Å²) in [6.45, 7) is 3.32. The smallest absolute Gasteiger partial charge is 0.279 e. The SMILES string of the molecule is COc1ccc(OC)c(NC(=O)C[NH+](C)Cc2sccc2C)c1. The van der Waals surface area contributed by atoms with Gasteiger partial charge < -0.3 is 19.7 Å². The van der Waals surface area contributed by atoms with Gasteiger partial charge in [0.05, 0.1) is 31.8 Å². The van der Waals surface area contributed by atoms with Crippen LogP contribution in [-0.4, -0.2) is 33.7 Å². The third-order valence-corrected chi connectivity index (χ3v) is 4.60. The highest BCUT2D eigenvalue weighted by molar-refractivity contribution is 7.10. The molecule has 0 aliphatic heterocycles. The van der Waals surface area contributed by atoms with E-state index < -0.39 is 0 Å². The summed E-state index contributed by atoms with van der Waals surface area (Å²) in [6.07, 6.45) is 0. The lowest BCUT2D eigenvalue weighted by molar-refractivity contribution is -0.884. The molecule has 5 nitrogen and oxygen atoms in total. The molecule has 0 radical (unpaired) electrons. The number of thiophene rings is 1. The molecule has 0 aliphatic carbocycles. The van der Waals surface area contributed by atoms with Crippen molar-refractivity contribution >= 4 is 22.9 Å². The van der Waals surface area contributed by atoms with E-state index >= 15 is 0 Å². The summed E-state index contributed by atoms with van der Waals surface area (Å²) in [7, 11) is 5.19. The predicted octanol–water partition coefficient (Wildman–Crippen LogP) is 1.73. The lowest BCUT2D eigenvalue weighted by atomic mass is 10.2. The quantitative estimate of drug-likeness (QED) is 0.810. The van der Waals surface area contributed by atoms with Crippen LogP contribution >= 0.6 is 11.3 Å². The minimum Gasteiger partial charge on any atom is -0.497 e. The maximum Gasteiger partial charge on any atom is 0.279 e. The van der Waals surface area contributed by atoms with Gasteiger partial charge >= 0.3 is 0 Å². The molecule has 0 aliphatic rings. The van der Waals surface area contributed by atoms with E-state index in [4.69, 9.17) is 9.47 Å². The zero-order valence-corrected chi connectivity index (χ0v) is 14.8. The molecule has 2 N–H and O–H groups in total. The Kier molecular flexibility index (Phi) is 6.01. The van der Waals surface area contributed by atoms with Gasteiger partial charge in [0.15, 0.2) is 6.54 Å². The number of carbonyl (C=O) groups is 1. The molecule has 6 heteroatoms. The molecule has 1 aromatic carbocycles. The van der Waals surface area contributed by atoms with E-state index in [1.165, 1.54) is 10.4 Å². The molecule has 1 aromatic heterocycles. The van der Waals surface area contributed by atoms with Crippen LogP contribution in [0.3, 0.4) is 0 Å². The van der Waals surface area contributed by atoms with Crippen molar-refractivity contribution in [3.8, 4) is 11.5 Å². The molecule has 2 rings (SSSR count). The zero-order chi connectivity index (χ0) is 16.8. The van der Waals surface area contributed by atoms with Crippen molar-refractivity contribution in [1.82, 2.24) is 0 Å². The number of quaternary nitrogens is 1. The van der Waals surface area contributed by atoms with E-state index in [-0.39, 0.29) is 5.91 Å². The molecule has 1 unspecified atom stereocenters. The standard InChI is InChI=1S/C17H22N2O3S/c1-12-7-8-23-16(12)10-19(2)11-17(20)18-14-9-13(21-3)5-6-15(14)22-4/h5-9H,10-11H2,1-4H3,(H,18,20)/p+1. The second-order valence-electron chi connectivity index (χ2n) is 5.45. The minimum absolute atomic E-state index is 0.0525. The second-order valence-corrected chi connectivity index (χ2v) is 6.45. The zero-order valence-electron chi connectivity index (χ0n) is 13.9. The Hall–Kier alpha value is -2.05. The van der Waals surface area contributed by atoms with Gasteiger partial charge in [0.1, 0.15) is 18.0 Å². The molecule has 1 atom stereocenters. The summed E-state index contributed by atoms with van der Waals surface area (Å²) in [4.78, 5) is 14.7. The van der Waals surface area contributed by atoms with Gasteiger partial charge in [-0.05, 0) is 36.1 Å². The van der Waals surface area contributed by atoms with Crippen LogP contribution in [0.5, 0.6) is 11.5 Å². The number of hydrogen-bond acceptors (Lipinski definition) is 4. The Labute approximate surface area is 140 Å². The summed E-state index contributed by atoms with van der Waals surface area (Å²) < 4.78 is 10.5. The monoisotopic (exact) mass is 335 g/mol. The Morgan fingerprint density at radius 3 is 2.65 bits per heavy atom. The van der Waals surface area contributed by atoms with E-state index in [2.05, 4.69) is 23.7 Å². The van der Waals surface area contributed by atoms with E-state index in [0.29, 0.717) is 23.7 Å². The summed E-state index contributed by atoms with van der Waals surface area (Å²) in [6, 6.07) is 7.44. The Balaban J connectivity index is 1.97. The number of rotatable bonds is 7. The maximum absolute atomic E-state index is 12.3. The number of anilines is 1. The fourth-order valence-corrected chi connectivity index (χ4v) is 3.32. The Morgan fingerprint density at radius 2 is 2.04 bits per heavy atom. The van der Waals surface area contributed by atoms with Crippen molar-refractivity contribution in [2.45, 2.75) is 13.5 Å². The highest BCUT2D eigenvalue weighted by Gasteiger charge is 2.15. The van der Waals surface area contributed by atoms with Gasteiger partial charge in [0, 0.05) is 6.07 Å². The van der Waals surface area contributed by atoms with Crippen LogP contribution in [0.25, 0.3) is 0 Å². The van der Waals surface area contributed by atoms with Crippen LogP contribution in [0, 0.1) is 6.92 Å². The van der Waals surface area contributed by atoms with Gasteiger partial charge in [-0.25, -0.2) is 0 Å². The highest BCUT2D eigenvalue weighted by atomic mass is 32.1. The van der Waals surface area contributed by atoms with Crippen molar-refractivity contribution in [3.63, 3.8) is 0 Å². The summed E-state index contributed by atoms with van der Waals surface area (Å²) >= 11 is 1.73. The van der Waals surface area contributed by atoms with Gasteiger partial charge in [-0.15, -0.1) is 11.3 Å². The van der Waals surface area contributed by atoms with Gasteiger partial charge in [-0.2, -0.15) is 0 Å². The first-order chi connectivity index (χ1) is 11.0. The Morgan fingerprint density at radius 1 is 1.26 bits per heavy atom. The van der Waals surface area contributed by atoms with Crippen LogP contribution in [0.1, 0.15) is 10.4 Å². The van der Waals surface area contributed by atoms with Crippen molar-refractivity contribution in [2.24, 2.45) is 0 Å². The van der Waals surface area contributed by atoms with Crippen molar-refractivity contribution < 1.29 is 19.2 Å². The average molecular weight is 335 g/mol. The summed E-state index contributed by atoms with van der Waals surface area (Å²) in [5, 5.41) is 4.98. The molecule has 124 valence electrons. The number of amides is 1. The topological polar surface area (TPSA) is 52.0 Å².